The summed E-state index contributed by atoms with van der Waals surface area (Å²) in [4.78, 5) is 19.0. The zero-order chi connectivity index (χ0) is 20.7. The van der Waals surface area contributed by atoms with E-state index in [9.17, 15) is 4.79 Å². The van der Waals surface area contributed by atoms with Crippen molar-refractivity contribution in [2.45, 2.75) is 45.0 Å². The van der Waals surface area contributed by atoms with E-state index in [1.54, 1.807) is 6.20 Å². The number of fused-ring (bicyclic) bond motifs is 1. The molecule has 0 saturated carbocycles. The summed E-state index contributed by atoms with van der Waals surface area (Å²) in [5.74, 6) is 0.369. The molecule has 1 atom stereocenters. The minimum absolute atomic E-state index is 0.0630. The number of ether oxygens (including phenoxy) is 2. The first-order valence-electron chi connectivity index (χ1n) is 10.5. The highest BCUT2D eigenvalue weighted by atomic mass is 16.5. The minimum atomic E-state index is -0.303. The molecule has 0 radical (unpaired) electrons. The molecule has 1 aromatic carbocycles. The number of nitrogens with zero attached hydrogens (tertiary/aromatic N) is 2. The monoisotopic (exact) mass is 406 g/mol. The quantitative estimate of drug-likeness (QED) is 0.654. The second-order valence-corrected chi connectivity index (χ2v) is 8.47. The van der Waals surface area contributed by atoms with E-state index in [0.717, 1.165) is 34.9 Å². The molecular formula is C24H26N2O4. The molecule has 6 heteroatoms. The van der Waals surface area contributed by atoms with Crippen LogP contribution in [0.2, 0.25) is 0 Å². The van der Waals surface area contributed by atoms with Crippen LogP contribution >= 0.6 is 0 Å². The maximum absolute atomic E-state index is 13.0. The van der Waals surface area contributed by atoms with Crippen molar-refractivity contribution in [1.82, 2.24) is 9.88 Å². The summed E-state index contributed by atoms with van der Waals surface area (Å²) in [5.41, 5.74) is 3.65. The lowest BCUT2D eigenvalue weighted by Crippen LogP contribution is -2.67. The van der Waals surface area contributed by atoms with Gasteiger partial charge in [0.05, 0.1) is 25.8 Å². The van der Waals surface area contributed by atoms with Crippen LogP contribution in [0.3, 0.4) is 0 Å². The predicted molar refractivity (Wildman–Crippen MR) is 112 cm³/mol. The van der Waals surface area contributed by atoms with Crippen LogP contribution in [-0.4, -0.2) is 47.2 Å². The van der Waals surface area contributed by atoms with Crippen molar-refractivity contribution < 1.29 is 18.7 Å². The van der Waals surface area contributed by atoms with Crippen LogP contribution in [0.4, 0.5) is 0 Å². The molecule has 1 unspecified atom stereocenters. The van der Waals surface area contributed by atoms with Crippen LogP contribution in [0.1, 0.15) is 40.1 Å². The summed E-state index contributed by atoms with van der Waals surface area (Å²) in [6.45, 7) is 6.38. The smallest absolute Gasteiger partial charge is 0.290 e. The van der Waals surface area contributed by atoms with E-state index >= 15 is 0 Å². The fraction of sp³-hybridized carbons (Fsp3) is 0.417. The number of hydrogen-bond acceptors (Lipinski definition) is 5. The lowest BCUT2D eigenvalue weighted by Gasteiger charge is -2.52. The second kappa shape index (κ2) is 7.52. The van der Waals surface area contributed by atoms with Crippen molar-refractivity contribution >= 4 is 16.9 Å². The molecule has 2 fully saturated rings. The number of hydrogen-bond donors (Lipinski definition) is 0. The van der Waals surface area contributed by atoms with Crippen LogP contribution in [-0.2, 0) is 16.1 Å². The van der Waals surface area contributed by atoms with Gasteiger partial charge in [-0.05, 0) is 43.5 Å². The van der Waals surface area contributed by atoms with Gasteiger partial charge in [-0.3, -0.25) is 9.78 Å². The number of rotatable bonds is 4. The number of amides is 1. The summed E-state index contributed by atoms with van der Waals surface area (Å²) < 4.78 is 18.1. The maximum atomic E-state index is 13.0. The highest BCUT2D eigenvalue weighted by Gasteiger charge is 2.50. The molecule has 1 amide bonds. The Morgan fingerprint density at radius 2 is 2.10 bits per heavy atom. The van der Waals surface area contributed by atoms with E-state index in [0.29, 0.717) is 32.1 Å². The molecule has 5 rings (SSSR count). The third-order valence-corrected chi connectivity index (χ3v) is 6.35. The lowest BCUT2D eigenvalue weighted by molar-refractivity contribution is -0.188. The van der Waals surface area contributed by atoms with Gasteiger partial charge in [-0.2, -0.15) is 0 Å². The van der Waals surface area contributed by atoms with Crippen molar-refractivity contribution in [3.05, 3.63) is 65.2 Å². The molecule has 6 nitrogen and oxygen atoms in total. The fourth-order valence-electron chi connectivity index (χ4n) is 4.52. The Labute approximate surface area is 175 Å². The van der Waals surface area contributed by atoms with Gasteiger partial charge in [0.15, 0.2) is 5.76 Å². The number of furan rings is 1. The minimum Gasteiger partial charge on any atom is -0.451 e. The van der Waals surface area contributed by atoms with E-state index in [1.807, 2.05) is 48.4 Å². The fourth-order valence-corrected chi connectivity index (χ4v) is 4.52. The van der Waals surface area contributed by atoms with E-state index in [4.69, 9.17) is 13.9 Å². The Bertz CT molecular complexity index is 1080. The number of para-hydroxylation sites is 1. The van der Waals surface area contributed by atoms with Crippen molar-refractivity contribution in [1.29, 1.82) is 0 Å². The second-order valence-electron chi connectivity index (χ2n) is 8.47. The molecule has 3 aromatic rings. The number of benzene rings is 1. The number of likely N-dealkylation sites (tertiary alicyclic amines) is 1. The Balaban J connectivity index is 1.22. The van der Waals surface area contributed by atoms with Gasteiger partial charge in [-0.1, -0.05) is 18.2 Å². The molecule has 1 spiro atoms. The summed E-state index contributed by atoms with van der Waals surface area (Å²) in [6, 6.07) is 9.76. The zero-order valence-corrected chi connectivity index (χ0v) is 17.4. The summed E-state index contributed by atoms with van der Waals surface area (Å²) >= 11 is 0. The molecule has 0 bridgehead atoms. The first-order chi connectivity index (χ1) is 14.5. The van der Waals surface area contributed by atoms with Gasteiger partial charge in [-0.25, -0.2) is 0 Å². The molecule has 4 heterocycles. The number of aromatic nitrogens is 1. The van der Waals surface area contributed by atoms with Gasteiger partial charge in [0.1, 0.15) is 11.2 Å². The normalized spacial score (nSPS) is 20.5. The average molecular weight is 406 g/mol. The Kier molecular flexibility index (Phi) is 4.83. The molecule has 2 aliphatic rings. The summed E-state index contributed by atoms with van der Waals surface area (Å²) in [7, 11) is 0. The third-order valence-electron chi connectivity index (χ3n) is 6.35. The van der Waals surface area contributed by atoms with E-state index < -0.39 is 0 Å². The molecule has 156 valence electrons. The van der Waals surface area contributed by atoms with Crippen LogP contribution in [0, 0.1) is 13.8 Å². The topological polar surface area (TPSA) is 64.8 Å². The first-order valence-corrected chi connectivity index (χ1v) is 10.5. The van der Waals surface area contributed by atoms with Crippen molar-refractivity contribution in [3.63, 3.8) is 0 Å². The van der Waals surface area contributed by atoms with Gasteiger partial charge >= 0.3 is 0 Å². The average Bonchev–Trinajstić information content (AvgIpc) is 3.08. The number of carbonyl (C=O) groups excluding carboxylic acids is 1. The van der Waals surface area contributed by atoms with E-state index in [2.05, 4.69) is 11.9 Å². The number of pyridine rings is 1. The highest BCUT2D eigenvalue weighted by Crippen LogP contribution is 2.37. The number of carbonyl (C=O) groups is 1. The zero-order valence-electron chi connectivity index (χ0n) is 17.4. The summed E-state index contributed by atoms with van der Waals surface area (Å²) in [5, 5.41) is 0.990. The SMILES string of the molecule is Cc1ccncc1COC1CCOC2(C1)CN(C(=O)c1oc3ccccc3c1C)C2. The lowest BCUT2D eigenvalue weighted by atomic mass is 9.84. The van der Waals surface area contributed by atoms with Crippen molar-refractivity contribution in [3.8, 4) is 0 Å². The van der Waals surface area contributed by atoms with Crippen LogP contribution in [0.5, 0.6) is 0 Å². The van der Waals surface area contributed by atoms with Gasteiger partial charge in [0, 0.05) is 36.4 Å². The predicted octanol–water partition coefficient (Wildman–Crippen LogP) is 4.04. The molecule has 0 N–H and O–H groups in total. The van der Waals surface area contributed by atoms with E-state index in [-0.39, 0.29) is 17.6 Å². The van der Waals surface area contributed by atoms with Crippen LogP contribution < -0.4 is 0 Å². The Morgan fingerprint density at radius 1 is 1.27 bits per heavy atom. The Hall–Kier alpha value is -2.70. The summed E-state index contributed by atoms with van der Waals surface area (Å²) in [6.07, 6.45) is 5.46. The number of aryl methyl sites for hydroxylation is 2. The molecular weight excluding hydrogens is 380 g/mol. The maximum Gasteiger partial charge on any atom is 0.290 e. The van der Waals surface area contributed by atoms with E-state index in [1.165, 1.54) is 5.56 Å². The van der Waals surface area contributed by atoms with Crippen LogP contribution in [0.15, 0.2) is 47.1 Å². The molecule has 2 saturated heterocycles. The first kappa shape index (κ1) is 19.3. The van der Waals surface area contributed by atoms with Gasteiger partial charge in [-0.15, -0.1) is 0 Å². The van der Waals surface area contributed by atoms with Gasteiger partial charge < -0.3 is 18.8 Å². The van der Waals surface area contributed by atoms with Crippen molar-refractivity contribution in [2.75, 3.05) is 19.7 Å². The molecule has 2 aliphatic heterocycles. The molecule has 2 aromatic heterocycles. The largest absolute Gasteiger partial charge is 0.451 e. The van der Waals surface area contributed by atoms with Crippen LogP contribution in [0.25, 0.3) is 11.0 Å². The molecule has 30 heavy (non-hydrogen) atoms. The van der Waals surface area contributed by atoms with Crippen molar-refractivity contribution in [2.24, 2.45) is 0 Å². The van der Waals surface area contributed by atoms with Gasteiger partial charge in [0.2, 0.25) is 0 Å². The standard InChI is InChI=1S/C24H26N2O4/c1-16-7-9-25-12-18(16)13-28-19-8-10-29-24(11-19)14-26(15-24)23(27)22-17(2)20-5-3-4-6-21(20)30-22/h3-7,9,12,19H,8,10-11,13-15H2,1-2H3. The Morgan fingerprint density at radius 3 is 2.90 bits per heavy atom. The molecule has 0 aliphatic carbocycles. The van der Waals surface area contributed by atoms with Gasteiger partial charge in [0.25, 0.3) is 5.91 Å². The third kappa shape index (κ3) is 3.40. The highest BCUT2D eigenvalue weighted by molar-refractivity contribution is 5.99.